The van der Waals surface area contributed by atoms with Crippen LogP contribution in [0.1, 0.15) is 0 Å². The molecule has 3 N–H and O–H groups in total. The van der Waals surface area contributed by atoms with Gasteiger partial charge in [-0.2, -0.15) is 0 Å². The molecule has 0 bridgehead atoms. The average molecular weight is 191 g/mol. The number of H-pyrrole nitrogens is 1. The second-order valence-electron chi connectivity index (χ2n) is 2.37. The summed E-state index contributed by atoms with van der Waals surface area (Å²) in [5.74, 6) is -0.269. The number of hydrogen-bond acceptors (Lipinski definition) is 3. The van der Waals surface area contributed by atoms with E-state index in [-0.39, 0.29) is 5.82 Å². The maximum atomic E-state index is 11.9. The van der Waals surface area contributed by atoms with Crippen LogP contribution in [0.2, 0.25) is 0 Å². The standard InChI is InChI=1S/C6H7F2N3O2/c7-3(8)2-11-4(9)1-5(12)10-6(11)13/h1,3H,2,9H2,(H,10,12,13). The van der Waals surface area contributed by atoms with Crippen molar-refractivity contribution in [3.8, 4) is 0 Å². The number of nitrogen functional groups attached to an aromatic ring is 1. The average Bonchev–Trinajstić information content (AvgIpc) is 1.96. The summed E-state index contributed by atoms with van der Waals surface area (Å²) in [6, 6.07) is 0.879. The van der Waals surface area contributed by atoms with Crippen molar-refractivity contribution in [2.75, 3.05) is 5.73 Å². The number of alkyl halides is 2. The Hall–Kier alpha value is -1.66. The molecule has 0 fully saturated rings. The number of nitrogens with two attached hydrogens (primary N) is 1. The van der Waals surface area contributed by atoms with Gasteiger partial charge in [0.2, 0.25) is 0 Å². The molecule has 0 aliphatic rings. The van der Waals surface area contributed by atoms with Gasteiger partial charge in [0.25, 0.3) is 12.0 Å². The van der Waals surface area contributed by atoms with Crippen molar-refractivity contribution in [1.82, 2.24) is 9.55 Å². The van der Waals surface area contributed by atoms with Gasteiger partial charge < -0.3 is 5.73 Å². The maximum Gasteiger partial charge on any atom is 0.330 e. The van der Waals surface area contributed by atoms with Crippen LogP contribution >= 0.6 is 0 Å². The molecule has 0 radical (unpaired) electrons. The van der Waals surface area contributed by atoms with Crippen LogP contribution in [-0.2, 0) is 6.54 Å². The molecule has 13 heavy (non-hydrogen) atoms. The van der Waals surface area contributed by atoms with Crippen LogP contribution in [0.3, 0.4) is 0 Å². The van der Waals surface area contributed by atoms with Gasteiger partial charge in [-0.1, -0.05) is 0 Å². The molecular weight excluding hydrogens is 184 g/mol. The Morgan fingerprint density at radius 1 is 1.54 bits per heavy atom. The topological polar surface area (TPSA) is 80.9 Å². The van der Waals surface area contributed by atoms with E-state index in [0.29, 0.717) is 4.57 Å². The first kappa shape index (κ1) is 9.43. The summed E-state index contributed by atoms with van der Waals surface area (Å²) in [5, 5.41) is 0. The van der Waals surface area contributed by atoms with Crippen LogP contribution < -0.4 is 17.0 Å². The molecular formula is C6H7F2N3O2. The molecule has 0 atom stereocenters. The summed E-state index contributed by atoms with van der Waals surface area (Å²) < 4.78 is 24.4. The van der Waals surface area contributed by atoms with Crippen molar-refractivity contribution < 1.29 is 8.78 Å². The number of aromatic amines is 1. The third kappa shape index (κ3) is 2.14. The number of rotatable bonds is 2. The predicted octanol–water partition coefficient (Wildman–Crippen LogP) is -0.616. The second-order valence-corrected chi connectivity index (χ2v) is 2.37. The molecule has 1 aromatic rings. The highest BCUT2D eigenvalue weighted by atomic mass is 19.3. The van der Waals surface area contributed by atoms with E-state index in [2.05, 4.69) is 0 Å². The van der Waals surface area contributed by atoms with Gasteiger partial charge in [-0.05, 0) is 0 Å². The van der Waals surface area contributed by atoms with E-state index in [1.807, 2.05) is 4.98 Å². The summed E-state index contributed by atoms with van der Waals surface area (Å²) in [6.45, 7) is -0.818. The maximum absolute atomic E-state index is 11.9. The van der Waals surface area contributed by atoms with Crippen molar-refractivity contribution in [2.24, 2.45) is 0 Å². The molecule has 1 aromatic heterocycles. The molecule has 0 spiro atoms. The second kappa shape index (κ2) is 3.38. The minimum Gasteiger partial charge on any atom is -0.385 e. The molecule has 0 amide bonds. The Morgan fingerprint density at radius 2 is 2.15 bits per heavy atom. The Balaban J connectivity index is 3.22. The zero-order chi connectivity index (χ0) is 10.0. The third-order valence-electron chi connectivity index (χ3n) is 1.39. The molecule has 5 nitrogen and oxygen atoms in total. The molecule has 1 rings (SSSR count). The summed E-state index contributed by atoms with van der Waals surface area (Å²) in [7, 11) is 0. The number of halogens is 2. The number of nitrogens with one attached hydrogen (secondary N) is 1. The lowest BCUT2D eigenvalue weighted by Gasteiger charge is -2.06. The fraction of sp³-hybridized carbons (Fsp3) is 0.333. The Labute approximate surface area is 70.8 Å². The molecule has 7 heteroatoms. The summed E-state index contributed by atoms with van der Waals surface area (Å²) in [5.41, 5.74) is 3.55. The van der Waals surface area contributed by atoms with E-state index in [1.54, 1.807) is 0 Å². The number of aromatic nitrogens is 2. The largest absolute Gasteiger partial charge is 0.385 e. The summed E-state index contributed by atoms with van der Waals surface area (Å²) >= 11 is 0. The predicted molar refractivity (Wildman–Crippen MR) is 41.7 cm³/mol. The quantitative estimate of drug-likeness (QED) is 0.653. The SMILES string of the molecule is Nc1cc(=O)[nH]c(=O)n1CC(F)F. The highest BCUT2D eigenvalue weighted by molar-refractivity contribution is 5.26. The van der Waals surface area contributed by atoms with Crippen molar-refractivity contribution in [3.05, 3.63) is 26.9 Å². The van der Waals surface area contributed by atoms with Crippen LogP contribution in [0.25, 0.3) is 0 Å². The van der Waals surface area contributed by atoms with Crippen LogP contribution in [0, 0.1) is 0 Å². The van der Waals surface area contributed by atoms with Crippen LogP contribution in [0.5, 0.6) is 0 Å². The monoisotopic (exact) mass is 191 g/mol. The van der Waals surface area contributed by atoms with Gasteiger partial charge in [0.1, 0.15) is 5.82 Å². The molecule has 0 aliphatic heterocycles. The molecule has 0 aromatic carbocycles. The summed E-state index contributed by atoms with van der Waals surface area (Å²) in [6.07, 6.45) is -2.69. The van der Waals surface area contributed by atoms with E-state index in [9.17, 15) is 18.4 Å². The molecule has 0 aliphatic carbocycles. The lowest BCUT2D eigenvalue weighted by Crippen LogP contribution is -2.33. The van der Waals surface area contributed by atoms with Crippen LogP contribution in [0.4, 0.5) is 14.6 Å². The Bertz CT molecular complexity index is 409. The first-order valence-electron chi connectivity index (χ1n) is 3.38. The van der Waals surface area contributed by atoms with Gasteiger partial charge >= 0.3 is 5.69 Å². The highest BCUT2D eigenvalue weighted by Gasteiger charge is 2.08. The van der Waals surface area contributed by atoms with E-state index < -0.39 is 24.2 Å². The van der Waals surface area contributed by atoms with Gasteiger partial charge in [-0.25, -0.2) is 13.6 Å². The molecule has 0 unspecified atom stereocenters. The normalized spacial score (nSPS) is 10.7. The number of nitrogens with zero attached hydrogens (tertiary/aromatic N) is 1. The highest BCUT2D eigenvalue weighted by Crippen LogP contribution is 1.99. The Kier molecular flexibility index (Phi) is 2.45. The number of hydrogen-bond donors (Lipinski definition) is 2. The fourth-order valence-electron chi connectivity index (χ4n) is 0.865. The van der Waals surface area contributed by atoms with Gasteiger partial charge in [0.05, 0.1) is 6.54 Å². The fourth-order valence-corrected chi connectivity index (χ4v) is 0.865. The van der Waals surface area contributed by atoms with Gasteiger partial charge in [-0.3, -0.25) is 14.3 Å². The molecule has 0 saturated heterocycles. The van der Waals surface area contributed by atoms with E-state index in [1.165, 1.54) is 0 Å². The zero-order valence-electron chi connectivity index (χ0n) is 6.46. The van der Waals surface area contributed by atoms with Gasteiger partial charge in [0, 0.05) is 6.07 Å². The lowest BCUT2D eigenvalue weighted by atomic mass is 10.5. The first-order valence-corrected chi connectivity index (χ1v) is 3.38. The van der Waals surface area contributed by atoms with E-state index >= 15 is 0 Å². The van der Waals surface area contributed by atoms with Crippen LogP contribution in [-0.4, -0.2) is 16.0 Å². The molecule has 72 valence electrons. The van der Waals surface area contributed by atoms with Crippen molar-refractivity contribution in [1.29, 1.82) is 0 Å². The number of anilines is 1. The van der Waals surface area contributed by atoms with E-state index in [0.717, 1.165) is 6.07 Å². The first-order chi connectivity index (χ1) is 6.00. The zero-order valence-corrected chi connectivity index (χ0v) is 6.46. The Morgan fingerprint density at radius 3 is 2.62 bits per heavy atom. The smallest absolute Gasteiger partial charge is 0.330 e. The van der Waals surface area contributed by atoms with Gasteiger partial charge in [0.15, 0.2) is 0 Å². The van der Waals surface area contributed by atoms with Crippen LogP contribution in [0.15, 0.2) is 15.7 Å². The van der Waals surface area contributed by atoms with Gasteiger partial charge in [-0.15, -0.1) is 0 Å². The van der Waals surface area contributed by atoms with E-state index in [4.69, 9.17) is 5.73 Å². The minimum atomic E-state index is -2.69. The minimum absolute atomic E-state index is 0.269. The van der Waals surface area contributed by atoms with Crippen molar-refractivity contribution in [2.45, 2.75) is 13.0 Å². The summed E-state index contributed by atoms with van der Waals surface area (Å²) in [4.78, 5) is 23.3. The molecule has 0 saturated carbocycles. The molecule has 1 heterocycles. The lowest BCUT2D eigenvalue weighted by molar-refractivity contribution is 0.125. The third-order valence-corrected chi connectivity index (χ3v) is 1.39. The van der Waals surface area contributed by atoms with Crippen molar-refractivity contribution >= 4 is 5.82 Å². The van der Waals surface area contributed by atoms with Crippen molar-refractivity contribution in [3.63, 3.8) is 0 Å².